The average molecular weight is 212 g/mol. The third-order valence-corrected chi connectivity index (χ3v) is 1.67. The molecule has 0 N–H and O–H groups in total. The van der Waals surface area contributed by atoms with E-state index in [4.69, 9.17) is 0 Å². The topological polar surface area (TPSA) is 0 Å². The fourth-order valence-electron chi connectivity index (χ4n) is 1.51. The van der Waals surface area contributed by atoms with Crippen LogP contribution >= 0.6 is 0 Å². The van der Waals surface area contributed by atoms with Gasteiger partial charge in [-0.05, 0) is 26.2 Å². The molecule has 0 heterocycles. The molecule has 0 amide bonds. The highest BCUT2D eigenvalue weighted by Crippen LogP contribution is 2.20. The molecule has 0 nitrogen and oxygen atoms in total. The van der Waals surface area contributed by atoms with E-state index in [1.54, 1.807) is 0 Å². The summed E-state index contributed by atoms with van der Waals surface area (Å²) in [5.74, 6) is 0.759. The van der Waals surface area contributed by atoms with E-state index in [0.717, 1.165) is 5.92 Å². The van der Waals surface area contributed by atoms with Gasteiger partial charge in [0, 0.05) is 0 Å². The van der Waals surface area contributed by atoms with Crippen molar-refractivity contribution < 1.29 is 0 Å². The lowest BCUT2D eigenvalue weighted by Gasteiger charge is -2.13. The third-order valence-electron chi connectivity index (χ3n) is 1.67. The molecule has 92 valence electrons. The van der Waals surface area contributed by atoms with Gasteiger partial charge >= 0.3 is 0 Å². The van der Waals surface area contributed by atoms with Crippen molar-refractivity contribution in [2.24, 2.45) is 5.92 Å². The molecule has 0 radical (unpaired) electrons. The molecule has 0 aromatic heterocycles. The highest BCUT2D eigenvalue weighted by molar-refractivity contribution is 5.25. The maximum Gasteiger partial charge on any atom is -0.0219 e. The summed E-state index contributed by atoms with van der Waals surface area (Å²) in [6.45, 7) is 18.6. The minimum absolute atomic E-state index is 0.759. The molecule has 1 rings (SSSR count). The Morgan fingerprint density at radius 3 is 1.60 bits per heavy atom. The second-order valence-electron chi connectivity index (χ2n) is 3.08. The Bertz CT molecular complexity index is 161. The van der Waals surface area contributed by atoms with E-state index < -0.39 is 0 Å². The second kappa shape index (κ2) is 15.9. The van der Waals surface area contributed by atoms with Crippen LogP contribution in [0.15, 0.2) is 23.3 Å². The van der Waals surface area contributed by atoms with Crippen LogP contribution < -0.4 is 0 Å². The smallest absolute Gasteiger partial charge is 0.0219 e. The van der Waals surface area contributed by atoms with Crippen LogP contribution in [0.2, 0.25) is 0 Å². The number of allylic oxidation sites excluding steroid dienone is 4. The van der Waals surface area contributed by atoms with Gasteiger partial charge in [0.1, 0.15) is 0 Å². The van der Waals surface area contributed by atoms with Crippen LogP contribution in [0, 0.1) is 5.92 Å². The molecule has 1 aliphatic rings. The molecule has 0 spiro atoms. The van der Waals surface area contributed by atoms with Crippen molar-refractivity contribution >= 4 is 0 Å². The van der Waals surface area contributed by atoms with Gasteiger partial charge in [-0.1, -0.05) is 71.8 Å². The Balaban J connectivity index is -0.000000208. The molecular weight excluding hydrogens is 180 g/mol. The third kappa shape index (κ3) is 13.5. The van der Waals surface area contributed by atoms with Crippen LogP contribution in [0.3, 0.4) is 0 Å². The standard InChI is InChI=1S/C9H14.3C2H6/c1-7-4-8(2)6-9(3)5-7;3*1-2/h4-5,8H,6H2,1-3H3;3*1-2H3. The van der Waals surface area contributed by atoms with Gasteiger partial charge < -0.3 is 0 Å². The van der Waals surface area contributed by atoms with Crippen LogP contribution in [0.25, 0.3) is 0 Å². The molecule has 0 aromatic carbocycles. The van der Waals surface area contributed by atoms with Gasteiger partial charge in [-0.2, -0.15) is 0 Å². The predicted molar refractivity (Wildman–Crippen MR) is 75.3 cm³/mol. The van der Waals surface area contributed by atoms with E-state index in [2.05, 4.69) is 32.9 Å². The summed E-state index contributed by atoms with van der Waals surface area (Å²) in [6, 6.07) is 0. The first kappa shape index (κ1) is 20.0. The first-order chi connectivity index (χ1) is 7.18. The lowest BCUT2D eigenvalue weighted by molar-refractivity contribution is 0.700. The Morgan fingerprint density at radius 1 is 0.933 bits per heavy atom. The molecule has 15 heavy (non-hydrogen) atoms. The molecule has 1 unspecified atom stereocenters. The molecule has 0 fully saturated rings. The molecule has 0 bridgehead atoms. The largest absolute Gasteiger partial charge is 0.0784 e. The van der Waals surface area contributed by atoms with Gasteiger partial charge in [-0.3, -0.25) is 0 Å². The molecule has 0 aromatic rings. The van der Waals surface area contributed by atoms with Gasteiger partial charge in [-0.15, -0.1) is 0 Å². The summed E-state index contributed by atoms with van der Waals surface area (Å²) in [7, 11) is 0. The Morgan fingerprint density at radius 2 is 1.33 bits per heavy atom. The van der Waals surface area contributed by atoms with E-state index in [0.29, 0.717) is 0 Å². The van der Waals surface area contributed by atoms with Crippen LogP contribution in [0.1, 0.15) is 68.7 Å². The van der Waals surface area contributed by atoms with Gasteiger partial charge in [0.2, 0.25) is 0 Å². The van der Waals surface area contributed by atoms with Crippen LogP contribution in [-0.2, 0) is 0 Å². The van der Waals surface area contributed by atoms with Crippen molar-refractivity contribution in [3.05, 3.63) is 23.3 Å². The van der Waals surface area contributed by atoms with Crippen molar-refractivity contribution in [2.75, 3.05) is 0 Å². The van der Waals surface area contributed by atoms with Crippen molar-refractivity contribution in [2.45, 2.75) is 68.7 Å². The summed E-state index contributed by atoms with van der Waals surface area (Å²) in [5, 5.41) is 0. The van der Waals surface area contributed by atoms with Crippen LogP contribution in [0.4, 0.5) is 0 Å². The van der Waals surface area contributed by atoms with Crippen molar-refractivity contribution in [1.82, 2.24) is 0 Å². The molecule has 1 aliphatic carbocycles. The molecule has 0 heteroatoms. The molecule has 0 saturated heterocycles. The minimum atomic E-state index is 0.759. The number of rotatable bonds is 0. The quantitative estimate of drug-likeness (QED) is 0.462. The Labute approximate surface area is 98.5 Å². The van der Waals surface area contributed by atoms with Crippen molar-refractivity contribution in [3.63, 3.8) is 0 Å². The van der Waals surface area contributed by atoms with Gasteiger partial charge in [0.15, 0.2) is 0 Å². The van der Waals surface area contributed by atoms with Crippen molar-refractivity contribution in [3.8, 4) is 0 Å². The normalized spacial score (nSPS) is 17.5. The molecule has 1 atom stereocenters. The maximum absolute atomic E-state index is 2.33. The maximum atomic E-state index is 2.33. The van der Waals surface area contributed by atoms with Crippen LogP contribution in [0.5, 0.6) is 0 Å². The fraction of sp³-hybridized carbons (Fsp3) is 0.733. The Hall–Kier alpha value is -0.520. The van der Waals surface area contributed by atoms with Crippen molar-refractivity contribution in [1.29, 1.82) is 0 Å². The van der Waals surface area contributed by atoms with E-state index in [1.165, 1.54) is 17.6 Å². The second-order valence-corrected chi connectivity index (χ2v) is 3.08. The summed E-state index contributed by atoms with van der Waals surface area (Å²) in [5.41, 5.74) is 2.94. The zero-order valence-electron chi connectivity index (χ0n) is 12.4. The predicted octanol–water partition coefficient (Wildman–Crippen LogP) is 6.00. The van der Waals surface area contributed by atoms with Gasteiger partial charge in [0.25, 0.3) is 0 Å². The zero-order valence-corrected chi connectivity index (χ0v) is 12.4. The lowest BCUT2D eigenvalue weighted by Crippen LogP contribution is -1.96. The molecule has 0 aliphatic heterocycles. The summed E-state index contributed by atoms with van der Waals surface area (Å²) in [4.78, 5) is 0. The SMILES string of the molecule is CC.CC.CC.CC1=CC(C)CC(C)=C1. The van der Waals surface area contributed by atoms with Gasteiger partial charge in [0.05, 0.1) is 0 Å². The summed E-state index contributed by atoms with van der Waals surface area (Å²) < 4.78 is 0. The summed E-state index contributed by atoms with van der Waals surface area (Å²) in [6.07, 6.45) is 5.84. The number of hydrogen-bond donors (Lipinski definition) is 0. The zero-order chi connectivity index (χ0) is 12.9. The van der Waals surface area contributed by atoms with E-state index in [9.17, 15) is 0 Å². The molecular formula is C15H32. The van der Waals surface area contributed by atoms with E-state index >= 15 is 0 Å². The number of hydrogen-bond acceptors (Lipinski definition) is 0. The molecule has 0 saturated carbocycles. The average Bonchev–Trinajstić information content (AvgIpc) is 2.24. The fourth-order valence-corrected chi connectivity index (χ4v) is 1.51. The highest BCUT2D eigenvalue weighted by atomic mass is 14.1. The van der Waals surface area contributed by atoms with E-state index in [1.807, 2.05) is 41.5 Å². The first-order valence-corrected chi connectivity index (χ1v) is 6.54. The minimum Gasteiger partial charge on any atom is -0.0784 e. The van der Waals surface area contributed by atoms with E-state index in [-0.39, 0.29) is 0 Å². The lowest BCUT2D eigenvalue weighted by atomic mass is 9.93. The Kier molecular flexibility index (Phi) is 21.2. The van der Waals surface area contributed by atoms with Gasteiger partial charge in [-0.25, -0.2) is 0 Å². The monoisotopic (exact) mass is 212 g/mol. The summed E-state index contributed by atoms with van der Waals surface area (Å²) >= 11 is 0. The first-order valence-electron chi connectivity index (χ1n) is 6.54. The van der Waals surface area contributed by atoms with Crippen LogP contribution in [-0.4, -0.2) is 0 Å². The highest BCUT2D eigenvalue weighted by Gasteiger charge is 2.04.